The fourth-order valence-corrected chi connectivity index (χ4v) is 1.24. The molecule has 0 bridgehead atoms. The maximum absolute atomic E-state index is 2.22. The molecule has 1 rings (SSSR count). The van der Waals surface area contributed by atoms with Crippen LogP contribution in [0.3, 0.4) is 0 Å². The van der Waals surface area contributed by atoms with Crippen molar-refractivity contribution in [1.29, 1.82) is 0 Å². The third kappa shape index (κ3) is 1.42. The SMILES string of the molecule is Cc1ccc(C)c([SiH2])c1. The van der Waals surface area contributed by atoms with Gasteiger partial charge >= 0.3 is 0 Å². The minimum Gasteiger partial charge on any atom is -0.0666 e. The van der Waals surface area contributed by atoms with Crippen molar-refractivity contribution in [3.05, 3.63) is 29.3 Å². The first-order valence-electron chi connectivity index (χ1n) is 3.09. The van der Waals surface area contributed by atoms with Gasteiger partial charge in [0.1, 0.15) is 0 Å². The highest BCUT2D eigenvalue weighted by atomic mass is 28.1. The third-order valence-electron chi connectivity index (χ3n) is 1.50. The molecule has 1 aromatic rings. The van der Waals surface area contributed by atoms with Gasteiger partial charge in [-0.15, -0.1) is 0 Å². The Morgan fingerprint density at radius 1 is 1.22 bits per heavy atom. The predicted molar refractivity (Wildman–Crippen MR) is 44.1 cm³/mol. The third-order valence-corrected chi connectivity index (χ3v) is 2.27. The van der Waals surface area contributed by atoms with Gasteiger partial charge in [0, 0.05) is 10.2 Å². The summed E-state index contributed by atoms with van der Waals surface area (Å²) in [5.74, 6) is 0. The summed E-state index contributed by atoms with van der Waals surface area (Å²) < 4.78 is 0. The Labute approximate surface area is 59.3 Å². The second kappa shape index (κ2) is 2.36. The minimum atomic E-state index is 1.35. The van der Waals surface area contributed by atoms with E-state index >= 15 is 0 Å². The Morgan fingerprint density at radius 3 is 2.33 bits per heavy atom. The molecule has 0 atom stereocenters. The van der Waals surface area contributed by atoms with Crippen LogP contribution in [0.5, 0.6) is 0 Å². The van der Waals surface area contributed by atoms with Crippen LogP contribution in [0.2, 0.25) is 0 Å². The van der Waals surface area contributed by atoms with Crippen molar-refractivity contribution in [2.45, 2.75) is 13.8 Å². The Morgan fingerprint density at radius 2 is 1.89 bits per heavy atom. The van der Waals surface area contributed by atoms with Crippen LogP contribution in [0.25, 0.3) is 0 Å². The van der Waals surface area contributed by atoms with Gasteiger partial charge in [-0.2, -0.15) is 0 Å². The Balaban J connectivity index is 3.17. The van der Waals surface area contributed by atoms with Crippen LogP contribution in [-0.2, 0) is 0 Å². The molecule has 47 valence electrons. The molecule has 0 nitrogen and oxygen atoms in total. The molecule has 0 aliphatic heterocycles. The van der Waals surface area contributed by atoms with Crippen LogP contribution in [0, 0.1) is 13.8 Å². The van der Waals surface area contributed by atoms with Crippen molar-refractivity contribution in [2.75, 3.05) is 0 Å². The molecule has 0 saturated heterocycles. The summed E-state index contributed by atoms with van der Waals surface area (Å²) in [7, 11) is 1.95. The number of benzene rings is 1. The van der Waals surface area contributed by atoms with E-state index in [1.54, 1.807) is 0 Å². The molecule has 0 aromatic heterocycles. The zero-order chi connectivity index (χ0) is 6.85. The highest BCUT2D eigenvalue weighted by molar-refractivity contribution is 6.33. The van der Waals surface area contributed by atoms with Gasteiger partial charge in [0.25, 0.3) is 0 Å². The molecule has 0 N–H and O–H groups in total. The topological polar surface area (TPSA) is 0 Å². The molecule has 0 saturated carbocycles. The summed E-state index contributed by atoms with van der Waals surface area (Å²) in [4.78, 5) is 0. The molecule has 0 unspecified atom stereocenters. The van der Waals surface area contributed by atoms with E-state index in [1.807, 2.05) is 10.2 Å². The normalized spacial score (nSPS) is 9.67. The van der Waals surface area contributed by atoms with E-state index in [0.717, 1.165) is 0 Å². The van der Waals surface area contributed by atoms with Crippen LogP contribution < -0.4 is 5.19 Å². The highest BCUT2D eigenvalue weighted by Crippen LogP contribution is 1.96. The van der Waals surface area contributed by atoms with Gasteiger partial charge in [0.15, 0.2) is 0 Å². The maximum atomic E-state index is 2.22. The van der Waals surface area contributed by atoms with E-state index in [4.69, 9.17) is 0 Å². The second-order valence-electron chi connectivity index (χ2n) is 2.43. The van der Waals surface area contributed by atoms with Gasteiger partial charge in [0.2, 0.25) is 0 Å². The molecular formula is C8H11Si. The van der Waals surface area contributed by atoms with Gasteiger partial charge < -0.3 is 0 Å². The molecule has 0 spiro atoms. The van der Waals surface area contributed by atoms with Crippen LogP contribution in [0.4, 0.5) is 0 Å². The van der Waals surface area contributed by atoms with E-state index in [9.17, 15) is 0 Å². The van der Waals surface area contributed by atoms with Crippen LogP contribution in [-0.4, -0.2) is 10.2 Å². The Kier molecular flexibility index (Phi) is 1.72. The average Bonchev–Trinajstić information content (AvgIpc) is 1.80. The molecule has 0 aliphatic rings. The second-order valence-corrected chi connectivity index (χ2v) is 3.19. The van der Waals surface area contributed by atoms with Crippen molar-refractivity contribution >= 4 is 15.4 Å². The first kappa shape index (κ1) is 6.56. The summed E-state index contributed by atoms with van der Waals surface area (Å²) in [6, 6.07) is 6.53. The van der Waals surface area contributed by atoms with Crippen molar-refractivity contribution in [3.63, 3.8) is 0 Å². The molecule has 1 aromatic carbocycles. The zero-order valence-electron chi connectivity index (χ0n) is 5.94. The molecule has 0 aliphatic carbocycles. The van der Waals surface area contributed by atoms with Crippen molar-refractivity contribution < 1.29 is 0 Å². The maximum Gasteiger partial charge on any atom is 0.0480 e. The number of rotatable bonds is 0. The van der Waals surface area contributed by atoms with Crippen molar-refractivity contribution in [1.82, 2.24) is 0 Å². The van der Waals surface area contributed by atoms with Crippen LogP contribution in [0.1, 0.15) is 11.1 Å². The first-order valence-corrected chi connectivity index (χ1v) is 3.80. The molecule has 0 amide bonds. The van der Waals surface area contributed by atoms with Gasteiger partial charge in [-0.3, -0.25) is 0 Å². The summed E-state index contributed by atoms with van der Waals surface area (Å²) in [5.41, 5.74) is 2.74. The Hall–Kier alpha value is -0.563. The summed E-state index contributed by atoms with van der Waals surface area (Å²) in [5, 5.41) is 1.41. The van der Waals surface area contributed by atoms with E-state index in [2.05, 4.69) is 32.0 Å². The van der Waals surface area contributed by atoms with Gasteiger partial charge in [-0.25, -0.2) is 0 Å². The van der Waals surface area contributed by atoms with Crippen LogP contribution >= 0.6 is 0 Å². The van der Waals surface area contributed by atoms with E-state index in [1.165, 1.54) is 16.3 Å². The predicted octanol–water partition coefficient (Wildman–Crippen LogP) is 0.562. The lowest BCUT2D eigenvalue weighted by atomic mass is 10.2. The number of aryl methyl sites for hydroxylation is 2. The van der Waals surface area contributed by atoms with Gasteiger partial charge in [-0.05, 0) is 13.8 Å². The lowest BCUT2D eigenvalue weighted by Gasteiger charge is -1.98. The largest absolute Gasteiger partial charge is 0.0666 e. The molecular weight excluding hydrogens is 124 g/mol. The van der Waals surface area contributed by atoms with Crippen LogP contribution in [0.15, 0.2) is 18.2 Å². The van der Waals surface area contributed by atoms with Crippen molar-refractivity contribution in [3.8, 4) is 0 Å². The van der Waals surface area contributed by atoms with E-state index < -0.39 is 0 Å². The molecule has 1 heteroatoms. The van der Waals surface area contributed by atoms with Crippen molar-refractivity contribution in [2.24, 2.45) is 0 Å². The standard InChI is InChI=1S/C8H11Si/c1-6-3-4-7(2)8(9)5-6/h3-5H,9H2,1-2H3. The molecule has 0 heterocycles. The average molecular weight is 135 g/mol. The summed E-state index contributed by atoms with van der Waals surface area (Å²) in [6.07, 6.45) is 0. The summed E-state index contributed by atoms with van der Waals surface area (Å²) >= 11 is 0. The van der Waals surface area contributed by atoms with E-state index in [0.29, 0.717) is 0 Å². The van der Waals surface area contributed by atoms with E-state index in [-0.39, 0.29) is 0 Å². The lowest BCUT2D eigenvalue weighted by Crippen LogP contribution is -2.06. The van der Waals surface area contributed by atoms with Gasteiger partial charge in [-0.1, -0.05) is 34.5 Å². The first-order chi connectivity index (χ1) is 4.20. The smallest absolute Gasteiger partial charge is 0.0480 e. The summed E-state index contributed by atoms with van der Waals surface area (Å²) in [6.45, 7) is 4.26. The number of hydrogen-bond donors (Lipinski definition) is 0. The molecule has 0 fully saturated rings. The number of hydrogen-bond acceptors (Lipinski definition) is 0. The Bertz CT molecular complexity index is 216. The van der Waals surface area contributed by atoms with Gasteiger partial charge in [0.05, 0.1) is 0 Å². The quantitative estimate of drug-likeness (QED) is 0.456. The monoisotopic (exact) mass is 135 g/mol. The molecule has 1 radical (unpaired) electrons. The fraction of sp³-hybridized carbons (Fsp3) is 0.250. The zero-order valence-corrected chi connectivity index (χ0v) is 7.35. The fourth-order valence-electron chi connectivity index (χ4n) is 0.800. The minimum absolute atomic E-state index is 1.35. The highest BCUT2D eigenvalue weighted by Gasteiger charge is 1.88. The lowest BCUT2D eigenvalue weighted by molar-refractivity contribution is 1.43. The molecule has 9 heavy (non-hydrogen) atoms.